The average molecular weight is 365 g/mol. The van der Waals surface area contributed by atoms with E-state index in [1.807, 2.05) is 48.5 Å². The van der Waals surface area contributed by atoms with Crippen LogP contribution in [0.1, 0.15) is 11.4 Å². The van der Waals surface area contributed by atoms with Gasteiger partial charge in [-0.25, -0.2) is 0 Å². The summed E-state index contributed by atoms with van der Waals surface area (Å²) in [4.78, 5) is 12.6. The van der Waals surface area contributed by atoms with Crippen LogP contribution in [0.4, 0.5) is 0 Å². The Hall–Kier alpha value is -3.42. The fourth-order valence-electron chi connectivity index (χ4n) is 3.06. The lowest BCUT2D eigenvalue weighted by atomic mass is 9.96. The number of carbonyl (C=O) groups is 1. The zero-order valence-electron chi connectivity index (χ0n) is 14.8. The van der Waals surface area contributed by atoms with Gasteiger partial charge in [0.1, 0.15) is 18.1 Å². The minimum atomic E-state index is -0.273. The number of hydrogen-bond acceptors (Lipinski definition) is 6. The average Bonchev–Trinajstić information content (AvgIpc) is 3.20. The van der Waals surface area contributed by atoms with Crippen molar-refractivity contribution in [2.75, 3.05) is 13.7 Å². The van der Waals surface area contributed by atoms with Crippen LogP contribution in [-0.4, -0.2) is 39.8 Å². The molecule has 138 valence electrons. The summed E-state index contributed by atoms with van der Waals surface area (Å²) in [5, 5.41) is 14.6. The number of amides is 1. The Balaban J connectivity index is 1.41. The van der Waals surface area contributed by atoms with Gasteiger partial charge < -0.3 is 14.8 Å². The van der Waals surface area contributed by atoms with E-state index in [4.69, 9.17) is 9.47 Å². The third-order valence-electron chi connectivity index (χ3n) is 4.50. The van der Waals surface area contributed by atoms with E-state index in [1.54, 1.807) is 11.8 Å². The van der Waals surface area contributed by atoms with Crippen LogP contribution < -0.4 is 14.8 Å². The molecule has 0 radical (unpaired) electrons. The molecule has 2 aromatic carbocycles. The van der Waals surface area contributed by atoms with Crippen molar-refractivity contribution in [2.24, 2.45) is 5.92 Å². The van der Waals surface area contributed by atoms with Gasteiger partial charge in [-0.1, -0.05) is 18.2 Å². The molecule has 4 rings (SSSR count). The number of tetrazole rings is 1. The van der Waals surface area contributed by atoms with E-state index >= 15 is 0 Å². The second-order valence-corrected chi connectivity index (χ2v) is 6.25. The fraction of sp³-hybridized carbons (Fsp3) is 0.263. The number of para-hydroxylation sites is 1. The van der Waals surface area contributed by atoms with Crippen molar-refractivity contribution >= 4 is 5.91 Å². The summed E-state index contributed by atoms with van der Waals surface area (Å²) in [5.74, 6) is 1.75. The fourth-order valence-corrected chi connectivity index (χ4v) is 3.06. The molecule has 3 aromatic rings. The molecule has 1 aliphatic rings. The van der Waals surface area contributed by atoms with E-state index in [9.17, 15) is 4.79 Å². The maximum absolute atomic E-state index is 12.6. The van der Waals surface area contributed by atoms with Crippen LogP contribution in [0.25, 0.3) is 5.69 Å². The highest BCUT2D eigenvalue weighted by Crippen LogP contribution is 2.30. The third-order valence-corrected chi connectivity index (χ3v) is 4.50. The Morgan fingerprint density at radius 1 is 1.30 bits per heavy atom. The first-order valence-electron chi connectivity index (χ1n) is 8.64. The second-order valence-electron chi connectivity index (χ2n) is 6.25. The highest BCUT2D eigenvalue weighted by atomic mass is 16.5. The van der Waals surface area contributed by atoms with Crippen molar-refractivity contribution in [1.29, 1.82) is 0 Å². The van der Waals surface area contributed by atoms with Gasteiger partial charge >= 0.3 is 0 Å². The molecule has 1 amide bonds. The molecule has 0 saturated carbocycles. The Labute approximate surface area is 156 Å². The topological polar surface area (TPSA) is 91.2 Å². The molecule has 0 bridgehead atoms. The lowest BCUT2D eigenvalue weighted by molar-refractivity contribution is -0.126. The van der Waals surface area contributed by atoms with Crippen molar-refractivity contribution in [3.63, 3.8) is 0 Å². The van der Waals surface area contributed by atoms with Gasteiger partial charge in [0.15, 0.2) is 5.82 Å². The number of methoxy groups -OCH3 is 1. The molecule has 1 atom stereocenters. The first-order valence-corrected chi connectivity index (χ1v) is 8.64. The van der Waals surface area contributed by atoms with Crippen LogP contribution in [0.15, 0.2) is 48.5 Å². The SMILES string of the molecule is COc1ccc2c(c1)CC(C(=O)NCc1nnnn1-c1ccccc1)CO2. The maximum Gasteiger partial charge on any atom is 0.227 e. The summed E-state index contributed by atoms with van der Waals surface area (Å²) in [5.41, 5.74) is 1.81. The summed E-state index contributed by atoms with van der Waals surface area (Å²) < 4.78 is 12.6. The molecule has 8 heteroatoms. The number of benzene rings is 2. The minimum Gasteiger partial charge on any atom is -0.497 e. The van der Waals surface area contributed by atoms with Crippen molar-refractivity contribution in [3.8, 4) is 17.2 Å². The number of ether oxygens (including phenoxy) is 2. The molecule has 0 aliphatic carbocycles. The van der Waals surface area contributed by atoms with Crippen molar-refractivity contribution < 1.29 is 14.3 Å². The lowest BCUT2D eigenvalue weighted by Crippen LogP contribution is -2.37. The molecule has 0 spiro atoms. The van der Waals surface area contributed by atoms with E-state index in [-0.39, 0.29) is 18.4 Å². The normalized spacial score (nSPS) is 15.5. The first kappa shape index (κ1) is 17.0. The van der Waals surface area contributed by atoms with E-state index in [0.29, 0.717) is 18.9 Å². The smallest absolute Gasteiger partial charge is 0.227 e. The Bertz CT molecular complexity index is 942. The maximum atomic E-state index is 12.6. The van der Waals surface area contributed by atoms with Gasteiger partial charge in [-0.05, 0) is 52.7 Å². The number of hydrogen-bond donors (Lipinski definition) is 1. The van der Waals surface area contributed by atoms with Gasteiger partial charge in [0.05, 0.1) is 25.3 Å². The highest BCUT2D eigenvalue weighted by molar-refractivity contribution is 5.79. The van der Waals surface area contributed by atoms with E-state index < -0.39 is 0 Å². The zero-order chi connectivity index (χ0) is 18.6. The molecule has 0 fully saturated rings. The Morgan fingerprint density at radius 2 is 2.15 bits per heavy atom. The predicted octanol–water partition coefficient (Wildman–Crippen LogP) is 1.54. The molecule has 1 aromatic heterocycles. The van der Waals surface area contributed by atoms with Gasteiger partial charge in [0.2, 0.25) is 5.91 Å². The van der Waals surface area contributed by atoms with Gasteiger partial charge in [-0.15, -0.1) is 5.10 Å². The number of nitrogens with zero attached hydrogens (tertiary/aromatic N) is 4. The van der Waals surface area contributed by atoms with Gasteiger partial charge in [0.25, 0.3) is 0 Å². The Kier molecular flexibility index (Phi) is 4.69. The molecule has 1 unspecified atom stereocenters. The summed E-state index contributed by atoms with van der Waals surface area (Å²) in [6.45, 7) is 0.580. The Morgan fingerprint density at radius 3 is 2.96 bits per heavy atom. The molecule has 8 nitrogen and oxygen atoms in total. The third kappa shape index (κ3) is 3.59. The lowest BCUT2D eigenvalue weighted by Gasteiger charge is -2.24. The summed E-state index contributed by atoms with van der Waals surface area (Å²) in [6, 6.07) is 15.2. The van der Waals surface area contributed by atoms with E-state index in [1.165, 1.54) is 0 Å². The van der Waals surface area contributed by atoms with Crippen LogP contribution in [-0.2, 0) is 17.8 Å². The van der Waals surface area contributed by atoms with Gasteiger partial charge in [0, 0.05) is 0 Å². The first-order chi connectivity index (χ1) is 13.2. The molecule has 2 heterocycles. The quantitative estimate of drug-likeness (QED) is 0.737. The molecular weight excluding hydrogens is 346 g/mol. The second kappa shape index (κ2) is 7.45. The number of fused-ring (bicyclic) bond motifs is 1. The highest BCUT2D eigenvalue weighted by Gasteiger charge is 2.26. The number of aromatic nitrogens is 4. The zero-order valence-corrected chi connectivity index (χ0v) is 14.8. The van der Waals surface area contributed by atoms with Crippen LogP contribution in [0.2, 0.25) is 0 Å². The van der Waals surface area contributed by atoms with Crippen molar-refractivity contribution in [1.82, 2.24) is 25.5 Å². The van der Waals surface area contributed by atoms with Crippen LogP contribution in [0.3, 0.4) is 0 Å². The summed E-state index contributed by atoms with van der Waals surface area (Å²) >= 11 is 0. The standard InChI is InChI=1S/C19H19N5O3/c1-26-16-7-8-17-13(10-16)9-14(12-27-17)19(25)20-11-18-21-22-23-24(18)15-5-3-2-4-6-15/h2-8,10,14H,9,11-12H2,1H3,(H,20,25). The van der Waals surface area contributed by atoms with Crippen molar-refractivity contribution in [2.45, 2.75) is 13.0 Å². The molecule has 27 heavy (non-hydrogen) atoms. The summed E-state index contributed by atoms with van der Waals surface area (Å²) in [6.07, 6.45) is 0.599. The minimum absolute atomic E-state index is 0.0916. The van der Waals surface area contributed by atoms with E-state index in [0.717, 1.165) is 22.7 Å². The predicted molar refractivity (Wildman–Crippen MR) is 96.7 cm³/mol. The van der Waals surface area contributed by atoms with Crippen molar-refractivity contribution in [3.05, 3.63) is 59.9 Å². The number of nitrogens with one attached hydrogen (secondary N) is 1. The van der Waals surface area contributed by atoms with E-state index in [2.05, 4.69) is 20.8 Å². The van der Waals surface area contributed by atoms with Crippen LogP contribution >= 0.6 is 0 Å². The number of rotatable bonds is 5. The molecule has 1 N–H and O–H groups in total. The van der Waals surface area contributed by atoms with Crippen LogP contribution in [0, 0.1) is 5.92 Å². The molecular formula is C19H19N5O3. The molecule has 0 saturated heterocycles. The van der Waals surface area contributed by atoms with Crippen LogP contribution in [0.5, 0.6) is 11.5 Å². The monoisotopic (exact) mass is 365 g/mol. The largest absolute Gasteiger partial charge is 0.497 e. The van der Waals surface area contributed by atoms with Gasteiger partial charge in [-0.3, -0.25) is 4.79 Å². The number of carbonyl (C=O) groups excluding carboxylic acids is 1. The van der Waals surface area contributed by atoms with Gasteiger partial charge in [-0.2, -0.15) is 4.68 Å². The summed E-state index contributed by atoms with van der Waals surface area (Å²) in [7, 11) is 1.62. The molecule has 1 aliphatic heterocycles.